The first-order chi connectivity index (χ1) is 13.7. The van der Waals surface area contributed by atoms with Gasteiger partial charge in [-0.15, -0.1) is 0 Å². The molecule has 1 fully saturated rings. The molecule has 1 aliphatic carbocycles. The Kier molecular flexibility index (Phi) is 3.81. The van der Waals surface area contributed by atoms with Crippen molar-refractivity contribution >= 4 is 11.3 Å². The lowest BCUT2D eigenvalue weighted by Gasteiger charge is -2.49. The zero-order chi connectivity index (χ0) is 18.7. The van der Waals surface area contributed by atoms with Gasteiger partial charge < -0.3 is 5.11 Å². The van der Waals surface area contributed by atoms with Crippen LogP contribution in [-0.4, -0.2) is 23.1 Å². The quantitative estimate of drug-likeness (QED) is 0.634. The summed E-state index contributed by atoms with van der Waals surface area (Å²) in [5.41, 5.74) is 7.97. The maximum absolute atomic E-state index is 11.5. The van der Waals surface area contributed by atoms with Crippen LogP contribution in [0.5, 0.6) is 0 Å². The third-order valence-corrected chi connectivity index (χ3v) is 7.98. The van der Waals surface area contributed by atoms with Crippen molar-refractivity contribution in [2.75, 3.05) is 13.1 Å². The fourth-order valence-corrected chi connectivity index (χ4v) is 6.62. The number of aliphatic hydroxyl groups is 1. The third-order valence-electron chi connectivity index (χ3n) is 7.29. The minimum Gasteiger partial charge on any atom is -0.385 e. The van der Waals surface area contributed by atoms with Crippen molar-refractivity contribution < 1.29 is 5.11 Å². The van der Waals surface area contributed by atoms with E-state index in [0.717, 1.165) is 44.3 Å². The number of hydrogen-bond donors (Lipinski definition) is 1. The average molecular weight is 388 g/mol. The molecule has 0 spiro atoms. The maximum Gasteiger partial charge on any atom is 0.0935 e. The fraction of sp³-hybridized carbons (Fsp3) is 0.360. The van der Waals surface area contributed by atoms with Gasteiger partial charge in [-0.3, -0.25) is 4.90 Å². The Hall–Kier alpha value is -1.94. The summed E-state index contributed by atoms with van der Waals surface area (Å²) in [7, 11) is 0. The molecular formula is C25H25NOS. The molecule has 28 heavy (non-hydrogen) atoms. The van der Waals surface area contributed by atoms with Crippen LogP contribution in [0.25, 0.3) is 0 Å². The number of benzene rings is 2. The molecule has 0 bridgehead atoms. The monoisotopic (exact) mass is 387 g/mol. The Morgan fingerprint density at radius 1 is 0.964 bits per heavy atom. The van der Waals surface area contributed by atoms with Gasteiger partial charge >= 0.3 is 0 Å². The van der Waals surface area contributed by atoms with Crippen molar-refractivity contribution in [1.29, 1.82) is 0 Å². The summed E-state index contributed by atoms with van der Waals surface area (Å²) in [6, 6.07) is 18.4. The molecule has 2 nitrogen and oxygen atoms in total. The Morgan fingerprint density at radius 2 is 1.79 bits per heavy atom. The molecule has 3 aliphatic rings. The second-order valence-electron chi connectivity index (χ2n) is 8.68. The highest BCUT2D eigenvalue weighted by Gasteiger charge is 2.45. The summed E-state index contributed by atoms with van der Waals surface area (Å²) in [5.74, 6) is 0.466. The third kappa shape index (κ3) is 2.46. The lowest BCUT2D eigenvalue weighted by molar-refractivity contribution is -0.0569. The highest BCUT2D eigenvalue weighted by Crippen LogP contribution is 2.50. The number of nitrogens with zero attached hydrogens (tertiary/aromatic N) is 1. The van der Waals surface area contributed by atoms with E-state index < -0.39 is 5.60 Å². The molecule has 0 saturated carbocycles. The molecule has 1 N–H and O–H groups in total. The summed E-state index contributed by atoms with van der Waals surface area (Å²) in [4.78, 5) is 2.64. The molecule has 0 radical (unpaired) electrons. The summed E-state index contributed by atoms with van der Waals surface area (Å²) >= 11 is 1.68. The van der Waals surface area contributed by atoms with Gasteiger partial charge in [-0.2, -0.15) is 11.3 Å². The van der Waals surface area contributed by atoms with E-state index in [1.165, 1.54) is 22.3 Å². The van der Waals surface area contributed by atoms with Crippen LogP contribution >= 0.6 is 11.3 Å². The van der Waals surface area contributed by atoms with Gasteiger partial charge in [0.1, 0.15) is 0 Å². The van der Waals surface area contributed by atoms with E-state index in [1.807, 2.05) is 0 Å². The first-order valence-electron chi connectivity index (χ1n) is 10.4. The smallest absolute Gasteiger partial charge is 0.0935 e. The Morgan fingerprint density at radius 3 is 2.68 bits per heavy atom. The van der Waals surface area contributed by atoms with Crippen molar-refractivity contribution in [3.8, 4) is 0 Å². The van der Waals surface area contributed by atoms with E-state index in [-0.39, 0.29) is 0 Å². The first-order valence-corrected chi connectivity index (χ1v) is 11.4. The number of hydrogen-bond acceptors (Lipinski definition) is 3. The molecule has 1 saturated heterocycles. The summed E-state index contributed by atoms with van der Waals surface area (Å²) in [5, 5.41) is 15.7. The molecule has 6 rings (SSSR count). The highest BCUT2D eigenvalue weighted by molar-refractivity contribution is 7.08. The maximum atomic E-state index is 11.5. The van der Waals surface area contributed by atoms with Crippen molar-refractivity contribution in [1.82, 2.24) is 4.90 Å². The molecule has 3 aromatic rings. The summed E-state index contributed by atoms with van der Waals surface area (Å²) < 4.78 is 0. The van der Waals surface area contributed by atoms with Gasteiger partial charge in [-0.25, -0.2) is 0 Å². The summed E-state index contributed by atoms with van der Waals surface area (Å²) in [6.45, 7) is 2.03. The van der Waals surface area contributed by atoms with E-state index in [4.69, 9.17) is 0 Å². The standard InChI is InChI=1S/C25H25NOS/c27-25(19-10-13-28-16-19)11-12-26-15-22-20-6-2-1-4-17(20)8-9-18-5-3-7-21(24(18)22)23(26)14-25/h1-7,10,13,16,22-23,27H,8-9,11-12,14-15H2/t22-,23-,25-/m1/s1. The van der Waals surface area contributed by atoms with Crippen LogP contribution in [0.3, 0.4) is 0 Å². The van der Waals surface area contributed by atoms with E-state index in [0.29, 0.717) is 12.0 Å². The Bertz CT molecular complexity index is 1030. The molecule has 1 aromatic heterocycles. The lowest BCUT2D eigenvalue weighted by atomic mass is 9.72. The van der Waals surface area contributed by atoms with Gasteiger partial charge in [-0.1, -0.05) is 42.5 Å². The van der Waals surface area contributed by atoms with Gasteiger partial charge in [0, 0.05) is 31.5 Å². The van der Waals surface area contributed by atoms with Crippen molar-refractivity contribution in [2.45, 2.75) is 43.2 Å². The molecular weight excluding hydrogens is 362 g/mol. The topological polar surface area (TPSA) is 23.5 Å². The van der Waals surface area contributed by atoms with Crippen molar-refractivity contribution in [3.05, 3.63) is 92.7 Å². The zero-order valence-corrected chi connectivity index (χ0v) is 16.8. The molecule has 2 aliphatic heterocycles. The number of aryl methyl sites for hydroxylation is 2. The minimum absolute atomic E-state index is 0.315. The molecule has 0 unspecified atom stereocenters. The molecule has 142 valence electrons. The van der Waals surface area contributed by atoms with Crippen LogP contribution in [0.1, 0.15) is 58.2 Å². The van der Waals surface area contributed by atoms with Gasteiger partial charge in [0.05, 0.1) is 5.60 Å². The second-order valence-corrected chi connectivity index (χ2v) is 9.46. The molecule has 3 heterocycles. The van der Waals surface area contributed by atoms with E-state index >= 15 is 0 Å². The van der Waals surface area contributed by atoms with Gasteiger partial charge in [-0.05, 0) is 69.5 Å². The van der Waals surface area contributed by atoms with Gasteiger partial charge in [0.2, 0.25) is 0 Å². The Labute approximate surface area is 170 Å². The van der Waals surface area contributed by atoms with Crippen LogP contribution in [0.2, 0.25) is 0 Å². The second kappa shape index (κ2) is 6.28. The minimum atomic E-state index is -0.695. The molecule has 3 heteroatoms. The average Bonchev–Trinajstić information content (AvgIpc) is 3.23. The van der Waals surface area contributed by atoms with Crippen molar-refractivity contribution in [2.24, 2.45) is 0 Å². The predicted octanol–water partition coefficient (Wildman–Crippen LogP) is 5.02. The largest absolute Gasteiger partial charge is 0.385 e. The lowest BCUT2D eigenvalue weighted by Crippen LogP contribution is -2.48. The van der Waals surface area contributed by atoms with Gasteiger partial charge in [0.15, 0.2) is 0 Å². The number of piperidine rings is 1. The SMILES string of the molecule is O[C@]1(c2ccsc2)CCN2C[C@@H]3c4ccccc4CCc4cccc(c43)[C@H]2C1. The van der Waals surface area contributed by atoms with Gasteiger partial charge in [0.25, 0.3) is 0 Å². The van der Waals surface area contributed by atoms with Crippen LogP contribution in [-0.2, 0) is 18.4 Å². The molecule has 3 atom stereocenters. The van der Waals surface area contributed by atoms with Crippen molar-refractivity contribution in [3.63, 3.8) is 0 Å². The number of thiophene rings is 1. The fourth-order valence-electron chi connectivity index (χ4n) is 5.87. The number of rotatable bonds is 1. The van der Waals surface area contributed by atoms with Crippen LogP contribution in [0.15, 0.2) is 59.3 Å². The van der Waals surface area contributed by atoms with Crippen LogP contribution in [0.4, 0.5) is 0 Å². The summed E-state index contributed by atoms with van der Waals surface area (Å²) in [6.07, 6.45) is 3.88. The van der Waals surface area contributed by atoms with E-state index in [2.05, 4.69) is 64.2 Å². The molecule has 2 aromatic carbocycles. The number of fused-ring (bicyclic) bond motifs is 4. The van der Waals surface area contributed by atoms with Crippen LogP contribution < -0.4 is 0 Å². The predicted molar refractivity (Wildman–Crippen MR) is 114 cm³/mol. The molecule has 0 amide bonds. The zero-order valence-electron chi connectivity index (χ0n) is 16.0. The Balaban J connectivity index is 1.48. The highest BCUT2D eigenvalue weighted by atomic mass is 32.1. The van der Waals surface area contributed by atoms with E-state index in [9.17, 15) is 5.11 Å². The van der Waals surface area contributed by atoms with E-state index in [1.54, 1.807) is 16.9 Å². The first kappa shape index (κ1) is 17.0. The van der Waals surface area contributed by atoms with Crippen LogP contribution in [0, 0.1) is 0 Å². The normalized spacial score (nSPS) is 28.8.